The van der Waals surface area contributed by atoms with E-state index >= 15 is 0 Å². The van der Waals surface area contributed by atoms with Crippen molar-refractivity contribution >= 4 is 21.7 Å². The van der Waals surface area contributed by atoms with Crippen molar-refractivity contribution in [2.75, 3.05) is 6.26 Å². The number of carboxylic acid groups (broad SMARTS) is 1. The number of nitrogens with one attached hydrogen (secondary N) is 1. The van der Waals surface area contributed by atoms with Crippen LogP contribution in [0, 0.1) is 19.8 Å². The van der Waals surface area contributed by atoms with E-state index in [-0.39, 0.29) is 10.5 Å². The highest BCUT2D eigenvalue weighted by molar-refractivity contribution is 7.90. The quantitative estimate of drug-likeness (QED) is 0.791. The van der Waals surface area contributed by atoms with Crippen molar-refractivity contribution in [2.45, 2.75) is 31.7 Å². The summed E-state index contributed by atoms with van der Waals surface area (Å²) in [5.74, 6) is -2.42. The topological polar surface area (TPSA) is 101 Å². The molecular formula is C20H23NO5S. The van der Waals surface area contributed by atoms with Crippen LogP contribution in [0.2, 0.25) is 0 Å². The Hall–Kier alpha value is -2.67. The number of rotatable bonds is 6. The summed E-state index contributed by atoms with van der Waals surface area (Å²) in [5, 5.41) is 12.2. The van der Waals surface area contributed by atoms with Crippen LogP contribution in [0.4, 0.5) is 0 Å². The van der Waals surface area contributed by atoms with Gasteiger partial charge in [-0.2, -0.15) is 0 Å². The molecule has 0 heterocycles. The van der Waals surface area contributed by atoms with Gasteiger partial charge in [-0.3, -0.25) is 9.59 Å². The van der Waals surface area contributed by atoms with Gasteiger partial charge in [0.25, 0.3) is 5.91 Å². The van der Waals surface area contributed by atoms with Crippen LogP contribution in [0.15, 0.2) is 47.4 Å². The summed E-state index contributed by atoms with van der Waals surface area (Å²) in [6, 6.07) is 10.9. The molecular weight excluding hydrogens is 366 g/mol. The van der Waals surface area contributed by atoms with Gasteiger partial charge in [0.05, 0.1) is 16.9 Å². The number of aryl methyl sites for hydroxylation is 1. The molecule has 144 valence electrons. The first-order valence-electron chi connectivity index (χ1n) is 8.42. The van der Waals surface area contributed by atoms with E-state index in [9.17, 15) is 23.1 Å². The first kappa shape index (κ1) is 20.6. The van der Waals surface area contributed by atoms with Crippen molar-refractivity contribution in [2.24, 2.45) is 5.92 Å². The smallest absolute Gasteiger partial charge is 0.308 e. The Morgan fingerprint density at radius 2 is 1.67 bits per heavy atom. The third-order valence-corrected chi connectivity index (χ3v) is 5.74. The number of hydrogen-bond acceptors (Lipinski definition) is 4. The van der Waals surface area contributed by atoms with Gasteiger partial charge in [0.2, 0.25) is 0 Å². The van der Waals surface area contributed by atoms with Crippen molar-refractivity contribution in [3.05, 3.63) is 64.7 Å². The first-order chi connectivity index (χ1) is 12.5. The van der Waals surface area contributed by atoms with E-state index in [4.69, 9.17) is 0 Å². The predicted octanol–water partition coefficient (Wildman–Crippen LogP) is 2.90. The van der Waals surface area contributed by atoms with Gasteiger partial charge < -0.3 is 10.4 Å². The first-order valence-corrected chi connectivity index (χ1v) is 10.3. The monoisotopic (exact) mass is 389 g/mol. The Morgan fingerprint density at radius 3 is 2.19 bits per heavy atom. The third-order valence-electron chi connectivity index (χ3n) is 4.65. The summed E-state index contributed by atoms with van der Waals surface area (Å²) in [6.07, 6.45) is 1.08. The molecule has 7 heteroatoms. The second kappa shape index (κ2) is 7.92. The van der Waals surface area contributed by atoms with Gasteiger partial charge in [-0.15, -0.1) is 0 Å². The maximum absolute atomic E-state index is 12.9. The molecule has 0 aliphatic carbocycles. The minimum Gasteiger partial charge on any atom is -0.481 e. The molecule has 0 radical (unpaired) electrons. The molecule has 0 aliphatic heterocycles. The predicted molar refractivity (Wildman–Crippen MR) is 102 cm³/mol. The number of benzene rings is 2. The Bertz CT molecular complexity index is 967. The second-order valence-corrected chi connectivity index (χ2v) is 8.69. The third kappa shape index (κ3) is 4.74. The Morgan fingerprint density at radius 1 is 1.07 bits per heavy atom. The molecule has 6 nitrogen and oxygen atoms in total. The molecule has 0 saturated carbocycles. The number of carboxylic acids is 1. The molecule has 0 aliphatic rings. The lowest BCUT2D eigenvalue weighted by molar-refractivity contribution is -0.142. The number of hydrogen-bond donors (Lipinski definition) is 2. The van der Waals surface area contributed by atoms with Crippen LogP contribution in [0.5, 0.6) is 0 Å². The summed E-state index contributed by atoms with van der Waals surface area (Å²) in [5.41, 5.74) is 2.20. The van der Waals surface area contributed by atoms with Crippen molar-refractivity contribution < 1.29 is 23.1 Å². The Balaban J connectivity index is 2.47. The lowest BCUT2D eigenvalue weighted by Crippen LogP contribution is -2.36. The van der Waals surface area contributed by atoms with Crippen LogP contribution >= 0.6 is 0 Å². The van der Waals surface area contributed by atoms with Crippen LogP contribution in [-0.2, 0) is 14.6 Å². The maximum atomic E-state index is 12.9. The fourth-order valence-corrected chi connectivity index (χ4v) is 3.52. The zero-order valence-corrected chi connectivity index (χ0v) is 16.5. The molecule has 2 aromatic rings. The minimum atomic E-state index is -3.48. The average Bonchev–Trinajstić information content (AvgIpc) is 2.60. The highest BCUT2D eigenvalue weighted by Gasteiger charge is 2.28. The molecule has 0 fully saturated rings. The molecule has 2 rings (SSSR count). The second-order valence-electron chi connectivity index (χ2n) is 6.67. The van der Waals surface area contributed by atoms with E-state index in [1.807, 2.05) is 0 Å². The summed E-state index contributed by atoms with van der Waals surface area (Å²) >= 11 is 0. The fourth-order valence-electron chi connectivity index (χ4n) is 2.80. The fraction of sp³-hybridized carbons (Fsp3) is 0.300. The zero-order valence-electron chi connectivity index (χ0n) is 15.7. The Labute approximate surface area is 159 Å². The molecule has 2 atom stereocenters. The average molecular weight is 389 g/mol. The van der Waals surface area contributed by atoms with Gasteiger partial charge in [0.15, 0.2) is 9.84 Å². The molecule has 27 heavy (non-hydrogen) atoms. The molecule has 0 spiro atoms. The van der Waals surface area contributed by atoms with E-state index in [0.717, 1.165) is 6.26 Å². The van der Waals surface area contributed by atoms with Gasteiger partial charge in [-0.05, 0) is 49.6 Å². The van der Waals surface area contributed by atoms with Crippen molar-refractivity contribution in [1.29, 1.82) is 0 Å². The number of aliphatic carboxylic acids is 1. The van der Waals surface area contributed by atoms with Gasteiger partial charge in [0, 0.05) is 11.8 Å². The van der Waals surface area contributed by atoms with Crippen LogP contribution in [0.3, 0.4) is 0 Å². The molecule has 2 aromatic carbocycles. The lowest BCUT2D eigenvalue weighted by Gasteiger charge is -2.24. The largest absolute Gasteiger partial charge is 0.481 e. The standard InChI is InChI=1S/C20H23NO5S/c1-12-10-16(27(4,25)26)11-17(13(12)2)19(22)21-18(14(3)20(23)24)15-8-6-5-7-9-15/h5-11,14,18H,1-4H3,(H,21,22)(H,23,24). The van der Waals surface area contributed by atoms with Crippen molar-refractivity contribution in [1.82, 2.24) is 5.32 Å². The summed E-state index contributed by atoms with van der Waals surface area (Å²) in [6.45, 7) is 4.98. The van der Waals surface area contributed by atoms with Gasteiger partial charge in [-0.25, -0.2) is 8.42 Å². The molecule has 0 aromatic heterocycles. The molecule has 1 amide bonds. The molecule has 2 N–H and O–H groups in total. The van der Waals surface area contributed by atoms with E-state index < -0.39 is 33.7 Å². The van der Waals surface area contributed by atoms with Crippen molar-refractivity contribution in [3.63, 3.8) is 0 Å². The summed E-state index contributed by atoms with van der Waals surface area (Å²) in [7, 11) is -3.48. The molecule has 0 saturated heterocycles. The number of sulfone groups is 1. The van der Waals surface area contributed by atoms with Crippen LogP contribution in [-0.4, -0.2) is 31.7 Å². The Kier molecular flexibility index (Phi) is 6.05. The van der Waals surface area contributed by atoms with Crippen molar-refractivity contribution in [3.8, 4) is 0 Å². The minimum absolute atomic E-state index is 0.0540. The highest BCUT2D eigenvalue weighted by atomic mass is 32.2. The van der Waals surface area contributed by atoms with Gasteiger partial charge in [0.1, 0.15) is 0 Å². The van der Waals surface area contributed by atoms with Gasteiger partial charge in [-0.1, -0.05) is 30.3 Å². The summed E-state index contributed by atoms with van der Waals surface area (Å²) < 4.78 is 23.8. The lowest BCUT2D eigenvalue weighted by atomic mass is 9.93. The van der Waals surface area contributed by atoms with Crippen LogP contribution in [0.1, 0.15) is 40.0 Å². The molecule has 2 unspecified atom stereocenters. The SMILES string of the molecule is Cc1cc(S(C)(=O)=O)cc(C(=O)NC(c2ccccc2)C(C)C(=O)O)c1C. The van der Waals surface area contributed by atoms with Crippen LogP contribution in [0.25, 0.3) is 0 Å². The van der Waals surface area contributed by atoms with E-state index in [1.54, 1.807) is 44.2 Å². The normalized spacial score (nSPS) is 13.6. The molecule has 0 bridgehead atoms. The number of carbonyl (C=O) groups excluding carboxylic acids is 1. The number of amides is 1. The van der Waals surface area contributed by atoms with E-state index in [2.05, 4.69) is 5.32 Å². The highest BCUT2D eigenvalue weighted by Crippen LogP contribution is 2.25. The number of carbonyl (C=O) groups is 2. The van der Waals surface area contributed by atoms with E-state index in [0.29, 0.717) is 16.7 Å². The zero-order chi connectivity index (χ0) is 20.4. The maximum Gasteiger partial charge on any atom is 0.308 e. The van der Waals surface area contributed by atoms with Gasteiger partial charge >= 0.3 is 5.97 Å². The van der Waals surface area contributed by atoms with E-state index in [1.165, 1.54) is 19.1 Å². The van der Waals surface area contributed by atoms with Crippen LogP contribution < -0.4 is 5.32 Å². The summed E-state index contributed by atoms with van der Waals surface area (Å²) in [4.78, 5) is 24.5.